The molecule has 5 nitrogen and oxygen atoms in total. The second-order valence-electron chi connectivity index (χ2n) is 14.5. The SMILES string of the molecule is CCCC(CC(=O)[C@@H](CC(=O)CC1CCCCC1)C1C(CC)C1(C)C)C(=O)C(=O)CCCC(=O)CC(C)(C)C. The van der Waals surface area contributed by atoms with Gasteiger partial charge in [0.15, 0.2) is 5.78 Å². The molecule has 0 aliphatic heterocycles. The molecule has 2 aliphatic rings. The zero-order valence-corrected chi connectivity index (χ0v) is 26.0. The first-order chi connectivity index (χ1) is 18.2. The maximum absolute atomic E-state index is 13.8. The molecule has 2 fully saturated rings. The highest BCUT2D eigenvalue weighted by atomic mass is 16.2. The summed E-state index contributed by atoms with van der Waals surface area (Å²) >= 11 is 0. The fraction of sp³-hybridized carbons (Fsp3) is 0.853. The number of rotatable bonds is 18. The molecule has 2 rings (SSSR count). The average molecular weight is 545 g/mol. The predicted octanol–water partition coefficient (Wildman–Crippen LogP) is 7.90. The lowest BCUT2D eigenvalue weighted by Gasteiger charge is -2.23. The maximum atomic E-state index is 13.8. The molecule has 0 aromatic carbocycles. The van der Waals surface area contributed by atoms with Crippen LogP contribution in [0.2, 0.25) is 0 Å². The summed E-state index contributed by atoms with van der Waals surface area (Å²) in [4.78, 5) is 65.1. The third-order valence-corrected chi connectivity index (χ3v) is 9.43. The molecule has 0 amide bonds. The molecule has 5 heteroatoms. The Kier molecular flexibility index (Phi) is 12.8. The zero-order valence-electron chi connectivity index (χ0n) is 26.0. The molecule has 2 aliphatic carbocycles. The summed E-state index contributed by atoms with van der Waals surface area (Å²) < 4.78 is 0. The second kappa shape index (κ2) is 14.8. The van der Waals surface area contributed by atoms with Gasteiger partial charge in [0.1, 0.15) is 17.3 Å². The van der Waals surface area contributed by atoms with E-state index in [2.05, 4.69) is 20.8 Å². The summed E-state index contributed by atoms with van der Waals surface area (Å²) in [5.74, 6) is -0.631. The quantitative estimate of drug-likeness (QED) is 0.164. The fourth-order valence-corrected chi connectivity index (χ4v) is 7.39. The van der Waals surface area contributed by atoms with Crippen molar-refractivity contribution in [2.24, 2.45) is 40.4 Å². The van der Waals surface area contributed by atoms with Crippen molar-refractivity contribution in [1.82, 2.24) is 0 Å². The van der Waals surface area contributed by atoms with Gasteiger partial charge in [-0.15, -0.1) is 0 Å². The van der Waals surface area contributed by atoms with Gasteiger partial charge in [0.25, 0.3) is 0 Å². The number of hydrogen-bond acceptors (Lipinski definition) is 5. The number of carbonyl (C=O) groups excluding carboxylic acids is 5. The van der Waals surface area contributed by atoms with Crippen LogP contribution >= 0.6 is 0 Å². The molecule has 0 aromatic rings. The Morgan fingerprint density at radius 1 is 0.872 bits per heavy atom. The van der Waals surface area contributed by atoms with Crippen molar-refractivity contribution in [2.45, 2.75) is 145 Å². The highest BCUT2D eigenvalue weighted by molar-refractivity contribution is 6.38. The molecule has 4 atom stereocenters. The van der Waals surface area contributed by atoms with Crippen molar-refractivity contribution in [3.63, 3.8) is 0 Å². The Morgan fingerprint density at radius 3 is 2.05 bits per heavy atom. The standard InChI is InChI=1S/C34H56O5/c1-8-14-24(32(39)29(37)18-13-17-25(35)22-33(3,4)5)20-30(38)27(31-28(9-2)34(31,6)7)21-26(36)19-23-15-11-10-12-16-23/h23-24,27-28,31H,8-22H2,1-7H3/t24?,27-,28?,31?/m1/s1. The van der Waals surface area contributed by atoms with Crippen LogP contribution in [0.25, 0.3) is 0 Å². The van der Waals surface area contributed by atoms with Crippen molar-refractivity contribution in [2.75, 3.05) is 0 Å². The van der Waals surface area contributed by atoms with Crippen LogP contribution < -0.4 is 0 Å². The van der Waals surface area contributed by atoms with Gasteiger partial charge in [0.05, 0.1) is 0 Å². The minimum absolute atomic E-state index is 0.0130. The van der Waals surface area contributed by atoms with Crippen LogP contribution in [0.1, 0.15) is 145 Å². The molecular weight excluding hydrogens is 488 g/mol. The molecule has 0 N–H and O–H groups in total. The van der Waals surface area contributed by atoms with Gasteiger partial charge < -0.3 is 0 Å². The molecule has 39 heavy (non-hydrogen) atoms. The Bertz CT molecular complexity index is 871. The van der Waals surface area contributed by atoms with Crippen LogP contribution in [0.4, 0.5) is 0 Å². The van der Waals surface area contributed by atoms with E-state index in [1.54, 1.807) is 0 Å². The summed E-state index contributed by atoms with van der Waals surface area (Å²) in [6.45, 7) is 14.5. The van der Waals surface area contributed by atoms with Crippen LogP contribution in [-0.4, -0.2) is 28.9 Å². The zero-order chi connectivity index (χ0) is 29.4. The normalized spacial score (nSPS) is 22.6. The van der Waals surface area contributed by atoms with Gasteiger partial charge in [-0.25, -0.2) is 0 Å². The van der Waals surface area contributed by atoms with E-state index in [1.165, 1.54) is 19.3 Å². The third-order valence-electron chi connectivity index (χ3n) is 9.43. The minimum Gasteiger partial charge on any atom is -0.300 e. The van der Waals surface area contributed by atoms with Gasteiger partial charge in [-0.05, 0) is 41.4 Å². The summed E-state index contributed by atoms with van der Waals surface area (Å²) in [7, 11) is 0. The number of Topliss-reactive ketones (excluding diaryl/α,β-unsaturated/α-hetero) is 5. The molecule has 0 saturated heterocycles. The monoisotopic (exact) mass is 544 g/mol. The van der Waals surface area contributed by atoms with Crippen LogP contribution in [0, 0.1) is 40.4 Å². The van der Waals surface area contributed by atoms with Crippen LogP contribution in [-0.2, 0) is 24.0 Å². The van der Waals surface area contributed by atoms with Crippen molar-refractivity contribution in [3.8, 4) is 0 Å². The molecular formula is C34H56O5. The van der Waals surface area contributed by atoms with Crippen LogP contribution in [0.15, 0.2) is 0 Å². The summed E-state index contributed by atoms with van der Waals surface area (Å²) in [6.07, 6.45) is 10.1. The van der Waals surface area contributed by atoms with Gasteiger partial charge in [0.2, 0.25) is 5.78 Å². The highest BCUT2D eigenvalue weighted by Gasteiger charge is 2.60. The smallest absolute Gasteiger partial charge is 0.201 e. The van der Waals surface area contributed by atoms with Crippen molar-refractivity contribution >= 4 is 28.9 Å². The highest BCUT2D eigenvalue weighted by Crippen LogP contribution is 2.64. The van der Waals surface area contributed by atoms with Gasteiger partial charge in [0, 0.05) is 50.4 Å². The van der Waals surface area contributed by atoms with E-state index in [4.69, 9.17) is 0 Å². The van der Waals surface area contributed by atoms with Gasteiger partial charge in [-0.3, -0.25) is 24.0 Å². The first-order valence-corrected chi connectivity index (χ1v) is 15.8. The van der Waals surface area contributed by atoms with Gasteiger partial charge >= 0.3 is 0 Å². The predicted molar refractivity (Wildman–Crippen MR) is 156 cm³/mol. The molecule has 0 heterocycles. The second-order valence-corrected chi connectivity index (χ2v) is 14.5. The fourth-order valence-electron chi connectivity index (χ4n) is 7.39. The van der Waals surface area contributed by atoms with E-state index in [1.807, 2.05) is 27.7 Å². The molecule has 0 spiro atoms. The van der Waals surface area contributed by atoms with Crippen molar-refractivity contribution in [3.05, 3.63) is 0 Å². The van der Waals surface area contributed by atoms with E-state index in [0.29, 0.717) is 50.4 Å². The molecule has 222 valence electrons. The Balaban J connectivity index is 2.04. The summed E-state index contributed by atoms with van der Waals surface area (Å²) in [5, 5.41) is 0. The van der Waals surface area contributed by atoms with Crippen LogP contribution in [0.3, 0.4) is 0 Å². The maximum Gasteiger partial charge on any atom is 0.201 e. The molecule has 0 radical (unpaired) electrons. The third kappa shape index (κ3) is 10.4. The first kappa shape index (κ1) is 33.6. The molecule has 0 aromatic heterocycles. The molecule has 3 unspecified atom stereocenters. The Morgan fingerprint density at radius 2 is 1.51 bits per heavy atom. The summed E-state index contributed by atoms with van der Waals surface area (Å²) in [5.41, 5.74) is -0.0788. The largest absolute Gasteiger partial charge is 0.300 e. The van der Waals surface area contributed by atoms with E-state index in [0.717, 1.165) is 19.3 Å². The van der Waals surface area contributed by atoms with Crippen molar-refractivity contribution in [1.29, 1.82) is 0 Å². The number of ketones is 5. The lowest BCUT2D eigenvalue weighted by molar-refractivity contribution is -0.141. The van der Waals surface area contributed by atoms with E-state index >= 15 is 0 Å². The van der Waals surface area contributed by atoms with E-state index in [9.17, 15) is 24.0 Å². The molecule has 2 saturated carbocycles. The summed E-state index contributed by atoms with van der Waals surface area (Å²) in [6, 6.07) is 0. The minimum atomic E-state index is -0.627. The van der Waals surface area contributed by atoms with Crippen LogP contribution in [0.5, 0.6) is 0 Å². The van der Waals surface area contributed by atoms with Gasteiger partial charge in [-0.1, -0.05) is 93.4 Å². The molecule has 0 bridgehead atoms. The first-order valence-electron chi connectivity index (χ1n) is 15.8. The average Bonchev–Trinajstić information content (AvgIpc) is 3.40. The number of hydrogen-bond donors (Lipinski definition) is 0. The Labute approximate surface area is 238 Å². The topological polar surface area (TPSA) is 85.3 Å². The van der Waals surface area contributed by atoms with Crippen molar-refractivity contribution < 1.29 is 24.0 Å². The lowest BCUT2D eigenvalue weighted by atomic mass is 9.79. The number of carbonyl (C=O) groups is 5. The Hall–Kier alpha value is -1.65. The van der Waals surface area contributed by atoms with E-state index in [-0.39, 0.29) is 59.3 Å². The van der Waals surface area contributed by atoms with Gasteiger partial charge in [-0.2, -0.15) is 0 Å². The van der Waals surface area contributed by atoms with E-state index < -0.39 is 17.5 Å². The lowest BCUT2D eigenvalue weighted by Crippen LogP contribution is -2.30.